The molecular weight excluding hydrogens is 181 g/mol. The molecule has 0 unspecified atom stereocenters. The van der Waals surface area contributed by atoms with E-state index in [0.717, 1.165) is 25.0 Å². The summed E-state index contributed by atoms with van der Waals surface area (Å²) in [5.41, 5.74) is 2.73. The van der Waals surface area contributed by atoms with Crippen LogP contribution in [0.2, 0.25) is 0 Å². The fourth-order valence-electron chi connectivity index (χ4n) is 1.73. The predicted octanol–water partition coefficient (Wildman–Crippen LogP) is 2.26. The van der Waals surface area contributed by atoms with Crippen molar-refractivity contribution in [3.63, 3.8) is 0 Å². The Bertz CT molecular complexity index is 250. The summed E-state index contributed by atoms with van der Waals surface area (Å²) in [5, 5.41) is 0. The van der Waals surface area contributed by atoms with Gasteiger partial charge < -0.3 is 9.46 Å². The zero-order valence-electron chi connectivity index (χ0n) is 9.13. The molecule has 0 atom stereocenters. The van der Waals surface area contributed by atoms with E-state index in [9.17, 15) is 4.57 Å². The zero-order chi connectivity index (χ0) is 10.1. The average Bonchev–Trinajstić information content (AvgIpc) is 2.24. The summed E-state index contributed by atoms with van der Waals surface area (Å²) >= 11 is 0. The van der Waals surface area contributed by atoms with Crippen LogP contribution in [0.3, 0.4) is 0 Å². The fourth-order valence-corrected chi connectivity index (χ4v) is 5.19. The smallest absolute Gasteiger partial charge is 0.0966 e. The number of nitrogens with zero attached hydrogens (tertiary/aromatic N) is 1. The summed E-state index contributed by atoms with van der Waals surface area (Å²) in [5.74, 6) is 0. The molecule has 0 fully saturated rings. The van der Waals surface area contributed by atoms with Gasteiger partial charge in [0.15, 0.2) is 0 Å². The molecule has 0 aromatic heterocycles. The second-order valence-corrected chi connectivity index (χ2v) is 7.66. The van der Waals surface area contributed by atoms with E-state index < -0.39 is 7.14 Å². The summed E-state index contributed by atoms with van der Waals surface area (Å²) in [6, 6.07) is 0. The van der Waals surface area contributed by atoms with E-state index in [1.807, 2.05) is 14.1 Å². The van der Waals surface area contributed by atoms with Gasteiger partial charge in [-0.25, -0.2) is 0 Å². The van der Waals surface area contributed by atoms with Gasteiger partial charge >= 0.3 is 0 Å². The highest BCUT2D eigenvalue weighted by molar-refractivity contribution is 7.64. The molecule has 0 amide bonds. The van der Waals surface area contributed by atoms with Gasteiger partial charge in [0.1, 0.15) is 0 Å². The molecule has 0 N–H and O–H groups in total. The summed E-state index contributed by atoms with van der Waals surface area (Å²) < 4.78 is 12.3. The summed E-state index contributed by atoms with van der Waals surface area (Å²) in [6.07, 6.45) is 2.62. The van der Waals surface area contributed by atoms with Gasteiger partial charge in [-0.2, -0.15) is 0 Å². The highest BCUT2D eigenvalue weighted by Crippen LogP contribution is 2.53. The van der Waals surface area contributed by atoms with E-state index in [0.29, 0.717) is 0 Å². The van der Waals surface area contributed by atoms with Gasteiger partial charge in [0.25, 0.3) is 0 Å². The molecular formula is C10H20NOP. The molecule has 1 aliphatic rings. The third kappa shape index (κ3) is 2.96. The van der Waals surface area contributed by atoms with Crippen LogP contribution in [-0.4, -0.2) is 44.0 Å². The van der Waals surface area contributed by atoms with Crippen molar-refractivity contribution in [1.29, 1.82) is 0 Å². The van der Waals surface area contributed by atoms with Crippen molar-refractivity contribution >= 4 is 7.14 Å². The maximum atomic E-state index is 12.3. The molecule has 1 rings (SSSR count). The van der Waals surface area contributed by atoms with Gasteiger partial charge in [-0.15, -0.1) is 0 Å². The van der Waals surface area contributed by atoms with Gasteiger partial charge in [-0.1, -0.05) is 11.1 Å². The van der Waals surface area contributed by atoms with Crippen molar-refractivity contribution in [2.24, 2.45) is 0 Å². The van der Waals surface area contributed by atoms with Gasteiger partial charge in [0.05, 0.1) is 7.14 Å². The van der Waals surface area contributed by atoms with Gasteiger partial charge in [-0.05, 0) is 27.9 Å². The van der Waals surface area contributed by atoms with Gasteiger partial charge in [0, 0.05) is 25.0 Å². The van der Waals surface area contributed by atoms with E-state index in [2.05, 4.69) is 18.7 Å². The topological polar surface area (TPSA) is 20.3 Å². The lowest BCUT2D eigenvalue weighted by Gasteiger charge is -2.15. The molecule has 0 spiro atoms. The second-order valence-electron chi connectivity index (χ2n) is 4.46. The van der Waals surface area contributed by atoms with Crippen LogP contribution in [0.25, 0.3) is 0 Å². The largest absolute Gasteiger partial charge is 0.323 e. The Kier molecular flexibility index (Phi) is 3.37. The predicted molar refractivity (Wildman–Crippen MR) is 59.1 cm³/mol. The standard InChI is InChI=1S/C10H20NOP/c1-9-7-13(12,8-10(9)2)6-5-11(3)4/h5-8H2,1-4H3. The molecule has 0 aromatic carbocycles. The first kappa shape index (κ1) is 11.0. The van der Waals surface area contributed by atoms with Gasteiger partial charge in [-0.3, -0.25) is 0 Å². The third-order valence-corrected chi connectivity index (χ3v) is 5.85. The Labute approximate surface area is 81.4 Å². The second kappa shape index (κ2) is 3.98. The highest BCUT2D eigenvalue weighted by Gasteiger charge is 2.29. The molecule has 3 heteroatoms. The molecule has 0 saturated heterocycles. The number of rotatable bonds is 3. The maximum Gasteiger partial charge on any atom is 0.0966 e. The first-order valence-electron chi connectivity index (χ1n) is 4.80. The van der Waals surface area contributed by atoms with Crippen molar-refractivity contribution in [2.45, 2.75) is 13.8 Å². The molecule has 0 aromatic rings. The fraction of sp³-hybridized carbons (Fsp3) is 0.800. The normalized spacial score (nSPS) is 21.6. The van der Waals surface area contributed by atoms with Gasteiger partial charge in [0.2, 0.25) is 0 Å². The summed E-state index contributed by atoms with van der Waals surface area (Å²) in [6.45, 7) is 5.19. The zero-order valence-corrected chi connectivity index (χ0v) is 10.0. The Morgan fingerprint density at radius 1 is 1.23 bits per heavy atom. The van der Waals surface area contributed by atoms with Crippen molar-refractivity contribution in [2.75, 3.05) is 39.1 Å². The molecule has 1 aliphatic heterocycles. The minimum atomic E-state index is -1.85. The average molecular weight is 201 g/mol. The van der Waals surface area contributed by atoms with E-state index in [4.69, 9.17) is 0 Å². The van der Waals surface area contributed by atoms with E-state index in [1.54, 1.807) is 0 Å². The molecule has 76 valence electrons. The monoisotopic (exact) mass is 201 g/mol. The molecule has 1 heterocycles. The van der Waals surface area contributed by atoms with Crippen LogP contribution < -0.4 is 0 Å². The Morgan fingerprint density at radius 2 is 1.69 bits per heavy atom. The minimum absolute atomic E-state index is 0.868. The first-order valence-corrected chi connectivity index (χ1v) is 7.06. The van der Waals surface area contributed by atoms with Crippen LogP contribution in [0.5, 0.6) is 0 Å². The summed E-state index contributed by atoms with van der Waals surface area (Å²) in [4.78, 5) is 2.11. The molecule has 0 aliphatic carbocycles. The first-order chi connectivity index (χ1) is 5.93. The molecule has 0 bridgehead atoms. The highest BCUT2D eigenvalue weighted by atomic mass is 31.2. The lowest BCUT2D eigenvalue weighted by atomic mass is 10.2. The number of hydrogen-bond acceptors (Lipinski definition) is 2. The van der Waals surface area contributed by atoms with Crippen molar-refractivity contribution in [3.8, 4) is 0 Å². The lowest BCUT2D eigenvalue weighted by molar-refractivity contribution is 0.432. The van der Waals surface area contributed by atoms with E-state index >= 15 is 0 Å². The molecule has 13 heavy (non-hydrogen) atoms. The molecule has 0 saturated carbocycles. The van der Waals surface area contributed by atoms with Crippen molar-refractivity contribution in [3.05, 3.63) is 11.1 Å². The van der Waals surface area contributed by atoms with Crippen LogP contribution >= 0.6 is 7.14 Å². The van der Waals surface area contributed by atoms with Crippen LogP contribution in [0, 0.1) is 0 Å². The SMILES string of the molecule is CC1=C(C)CP(=O)(CCN(C)C)C1. The Hall–Kier alpha value is -0.0700. The van der Waals surface area contributed by atoms with Crippen LogP contribution in [0.4, 0.5) is 0 Å². The van der Waals surface area contributed by atoms with E-state index in [-0.39, 0.29) is 0 Å². The van der Waals surface area contributed by atoms with Crippen LogP contribution in [0.1, 0.15) is 13.8 Å². The number of hydrogen-bond donors (Lipinski definition) is 0. The molecule has 2 nitrogen and oxygen atoms in total. The minimum Gasteiger partial charge on any atom is -0.323 e. The quantitative estimate of drug-likeness (QED) is 0.515. The summed E-state index contributed by atoms with van der Waals surface area (Å²) in [7, 11) is 2.22. The maximum absolute atomic E-state index is 12.3. The third-order valence-electron chi connectivity index (χ3n) is 2.73. The van der Waals surface area contributed by atoms with Crippen molar-refractivity contribution in [1.82, 2.24) is 4.90 Å². The Balaban J connectivity index is 2.49. The van der Waals surface area contributed by atoms with E-state index in [1.165, 1.54) is 11.1 Å². The Morgan fingerprint density at radius 3 is 2.08 bits per heavy atom. The van der Waals surface area contributed by atoms with Crippen molar-refractivity contribution < 1.29 is 4.57 Å². The number of allylic oxidation sites excluding steroid dienone is 2. The van der Waals surface area contributed by atoms with Crippen LogP contribution in [-0.2, 0) is 4.57 Å². The molecule has 0 radical (unpaired) electrons. The van der Waals surface area contributed by atoms with Crippen LogP contribution in [0.15, 0.2) is 11.1 Å². The lowest BCUT2D eigenvalue weighted by Crippen LogP contribution is -2.17.